The maximum Gasteiger partial charge on any atom is 0.169 e. The minimum absolute atomic E-state index is 0.532. The van der Waals surface area contributed by atoms with Crippen molar-refractivity contribution in [2.24, 2.45) is 0 Å². The quantitative estimate of drug-likeness (QED) is 0.608. The van der Waals surface area contributed by atoms with E-state index in [1.807, 2.05) is 18.5 Å². The molecular formula is C20H32N4OS. The Morgan fingerprint density at radius 2 is 2.00 bits per heavy atom. The molecule has 3 rings (SSSR count). The van der Waals surface area contributed by atoms with Gasteiger partial charge in [0.1, 0.15) is 0 Å². The maximum atomic E-state index is 5.82. The molecule has 0 bridgehead atoms. The number of hydrogen-bond donors (Lipinski definition) is 1. The molecule has 0 radical (unpaired) electrons. The fourth-order valence-electron chi connectivity index (χ4n) is 3.74. The molecule has 0 atom stereocenters. The molecule has 1 saturated heterocycles. The van der Waals surface area contributed by atoms with Crippen LogP contribution in [-0.2, 0) is 11.3 Å². The summed E-state index contributed by atoms with van der Waals surface area (Å²) in [6.07, 6.45) is 11.6. The number of ether oxygens (including phenoxy) is 1. The Labute approximate surface area is 163 Å². The average molecular weight is 377 g/mol. The number of thiocarbonyl (C=S) groups is 1. The van der Waals surface area contributed by atoms with Crippen LogP contribution in [0.5, 0.6) is 0 Å². The SMILES string of the molecule is S=C(NC1CCCCCC1)N(CCN1CCOCC1)Cc1cccnc1. The van der Waals surface area contributed by atoms with Crippen molar-refractivity contribution in [1.82, 2.24) is 20.1 Å². The highest BCUT2D eigenvalue weighted by molar-refractivity contribution is 7.80. The van der Waals surface area contributed by atoms with Gasteiger partial charge in [-0.2, -0.15) is 0 Å². The predicted octanol–water partition coefficient (Wildman–Crippen LogP) is 2.81. The molecule has 0 unspecified atom stereocenters. The highest BCUT2D eigenvalue weighted by atomic mass is 32.1. The van der Waals surface area contributed by atoms with E-state index in [1.54, 1.807) is 0 Å². The maximum absolute atomic E-state index is 5.82. The first kappa shape index (κ1) is 19.5. The van der Waals surface area contributed by atoms with Crippen LogP contribution in [0.2, 0.25) is 0 Å². The largest absolute Gasteiger partial charge is 0.379 e. The Morgan fingerprint density at radius 1 is 1.23 bits per heavy atom. The van der Waals surface area contributed by atoms with Gasteiger partial charge in [0.05, 0.1) is 13.2 Å². The normalized spacial score (nSPS) is 19.7. The highest BCUT2D eigenvalue weighted by Gasteiger charge is 2.18. The molecule has 1 aromatic rings. The van der Waals surface area contributed by atoms with E-state index in [-0.39, 0.29) is 0 Å². The summed E-state index contributed by atoms with van der Waals surface area (Å²) in [5.74, 6) is 0. The van der Waals surface area contributed by atoms with E-state index in [2.05, 4.69) is 26.2 Å². The summed E-state index contributed by atoms with van der Waals surface area (Å²) in [6.45, 7) is 6.49. The third-order valence-corrected chi connectivity index (χ3v) is 5.73. The smallest absolute Gasteiger partial charge is 0.169 e. The van der Waals surface area contributed by atoms with Gasteiger partial charge in [-0.1, -0.05) is 31.7 Å². The number of rotatable bonds is 6. The molecule has 1 N–H and O–H groups in total. The molecule has 2 fully saturated rings. The van der Waals surface area contributed by atoms with Crippen molar-refractivity contribution in [3.05, 3.63) is 30.1 Å². The molecule has 26 heavy (non-hydrogen) atoms. The lowest BCUT2D eigenvalue weighted by Gasteiger charge is -2.32. The number of hydrogen-bond acceptors (Lipinski definition) is 4. The standard InChI is InChI=1S/C20H32N4OS/c26-20(22-19-7-3-1-2-4-8-19)24(17-18-6-5-9-21-16-18)11-10-23-12-14-25-15-13-23/h5-6,9,16,19H,1-4,7-8,10-15,17H2,(H,22,26). The molecule has 1 aliphatic heterocycles. The summed E-state index contributed by atoms with van der Waals surface area (Å²) in [5, 5.41) is 4.56. The van der Waals surface area contributed by atoms with Crippen molar-refractivity contribution >= 4 is 17.3 Å². The van der Waals surface area contributed by atoms with Crippen LogP contribution in [0.15, 0.2) is 24.5 Å². The Kier molecular flexibility index (Phi) is 8.11. The van der Waals surface area contributed by atoms with Crippen LogP contribution in [0, 0.1) is 0 Å². The molecule has 2 aliphatic rings. The molecule has 144 valence electrons. The molecule has 5 nitrogen and oxygen atoms in total. The molecule has 6 heteroatoms. The van der Waals surface area contributed by atoms with E-state index in [4.69, 9.17) is 17.0 Å². The molecule has 0 spiro atoms. The molecule has 1 saturated carbocycles. The van der Waals surface area contributed by atoms with Crippen LogP contribution < -0.4 is 5.32 Å². The minimum atomic E-state index is 0.532. The van der Waals surface area contributed by atoms with Crippen LogP contribution in [0.1, 0.15) is 44.1 Å². The number of nitrogens with one attached hydrogen (secondary N) is 1. The Hall–Kier alpha value is -1.24. The zero-order chi connectivity index (χ0) is 18.0. The highest BCUT2D eigenvalue weighted by Crippen LogP contribution is 2.17. The van der Waals surface area contributed by atoms with Crippen molar-refractivity contribution in [1.29, 1.82) is 0 Å². The molecule has 1 aliphatic carbocycles. The number of morpholine rings is 1. The van der Waals surface area contributed by atoms with Crippen LogP contribution in [0.4, 0.5) is 0 Å². The van der Waals surface area contributed by atoms with E-state index >= 15 is 0 Å². The van der Waals surface area contributed by atoms with Gasteiger partial charge in [-0.3, -0.25) is 9.88 Å². The summed E-state index contributed by atoms with van der Waals surface area (Å²) >= 11 is 5.82. The van der Waals surface area contributed by atoms with Crippen LogP contribution in [-0.4, -0.2) is 65.3 Å². The van der Waals surface area contributed by atoms with Gasteiger partial charge in [-0.25, -0.2) is 0 Å². The van der Waals surface area contributed by atoms with Crippen molar-refractivity contribution in [2.75, 3.05) is 39.4 Å². The Bertz CT molecular complexity index is 528. The molecule has 0 amide bonds. The van der Waals surface area contributed by atoms with Gasteiger partial charge in [0.15, 0.2) is 5.11 Å². The van der Waals surface area contributed by atoms with Gasteiger partial charge in [0, 0.05) is 51.2 Å². The zero-order valence-electron chi connectivity index (χ0n) is 15.7. The van der Waals surface area contributed by atoms with E-state index in [9.17, 15) is 0 Å². The van der Waals surface area contributed by atoms with Crippen molar-refractivity contribution in [3.63, 3.8) is 0 Å². The topological polar surface area (TPSA) is 40.6 Å². The van der Waals surface area contributed by atoms with E-state index in [0.29, 0.717) is 6.04 Å². The fourth-order valence-corrected chi connectivity index (χ4v) is 4.06. The summed E-state index contributed by atoms with van der Waals surface area (Å²) < 4.78 is 5.46. The summed E-state index contributed by atoms with van der Waals surface area (Å²) in [7, 11) is 0. The van der Waals surface area contributed by atoms with Crippen LogP contribution in [0.3, 0.4) is 0 Å². The van der Waals surface area contributed by atoms with E-state index in [0.717, 1.165) is 51.0 Å². The number of nitrogens with zero attached hydrogens (tertiary/aromatic N) is 3. The van der Waals surface area contributed by atoms with Crippen LogP contribution in [0.25, 0.3) is 0 Å². The fraction of sp³-hybridized carbons (Fsp3) is 0.700. The van der Waals surface area contributed by atoms with Gasteiger partial charge in [0.25, 0.3) is 0 Å². The monoisotopic (exact) mass is 376 g/mol. The average Bonchev–Trinajstić information content (AvgIpc) is 2.95. The van der Waals surface area contributed by atoms with Gasteiger partial charge >= 0.3 is 0 Å². The predicted molar refractivity (Wildman–Crippen MR) is 109 cm³/mol. The minimum Gasteiger partial charge on any atom is -0.379 e. The lowest BCUT2D eigenvalue weighted by atomic mass is 10.1. The first-order chi connectivity index (χ1) is 12.8. The number of aromatic nitrogens is 1. The summed E-state index contributed by atoms with van der Waals surface area (Å²) in [6, 6.07) is 4.66. The first-order valence-corrected chi connectivity index (χ1v) is 10.5. The third kappa shape index (κ3) is 6.49. The molecular weight excluding hydrogens is 344 g/mol. The molecule has 2 heterocycles. The lowest BCUT2D eigenvalue weighted by molar-refractivity contribution is 0.0357. The summed E-state index contributed by atoms with van der Waals surface area (Å²) in [4.78, 5) is 9.04. The van der Waals surface area contributed by atoms with Crippen LogP contribution >= 0.6 is 12.2 Å². The van der Waals surface area contributed by atoms with Crippen molar-refractivity contribution in [2.45, 2.75) is 51.1 Å². The zero-order valence-corrected chi connectivity index (χ0v) is 16.6. The Morgan fingerprint density at radius 3 is 2.69 bits per heavy atom. The lowest BCUT2D eigenvalue weighted by Crippen LogP contribution is -2.48. The number of pyridine rings is 1. The van der Waals surface area contributed by atoms with Gasteiger partial charge in [-0.05, 0) is 36.7 Å². The second kappa shape index (κ2) is 10.8. The first-order valence-electron chi connectivity index (χ1n) is 10.1. The second-order valence-electron chi connectivity index (χ2n) is 7.37. The van der Waals surface area contributed by atoms with E-state index in [1.165, 1.54) is 44.1 Å². The molecule has 1 aromatic heterocycles. The second-order valence-corrected chi connectivity index (χ2v) is 7.76. The molecule has 0 aromatic carbocycles. The van der Waals surface area contributed by atoms with Gasteiger partial charge in [-0.15, -0.1) is 0 Å². The van der Waals surface area contributed by atoms with Gasteiger partial charge < -0.3 is 15.0 Å². The Balaban J connectivity index is 1.57. The van der Waals surface area contributed by atoms with Gasteiger partial charge in [0.2, 0.25) is 0 Å². The third-order valence-electron chi connectivity index (χ3n) is 5.36. The van der Waals surface area contributed by atoms with E-state index < -0.39 is 0 Å². The van der Waals surface area contributed by atoms with Crippen molar-refractivity contribution < 1.29 is 4.74 Å². The summed E-state index contributed by atoms with van der Waals surface area (Å²) in [5.41, 5.74) is 1.21. The van der Waals surface area contributed by atoms with Crippen molar-refractivity contribution in [3.8, 4) is 0 Å².